The van der Waals surface area contributed by atoms with Gasteiger partial charge in [0, 0.05) is 24.5 Å². The summed E-state index contributed by atoms with van der Waals surface area (Å²) in [7, 11) is 0. The van der Waals surface area contributed by atoms with Gasteiger partial charge in [-0.1, -0.05) is 19.8 Å². The Morgan fingerprint density at radius 2 is 2.25 bits per heavy atom. The first kappa shape index (κ1) is 16.2. The van der Waals surface area contributed by atoms with E-state index in [9.17, 15) is 0 Å². The number of aryl methyl sites for hydroxylation is 1. The van der Waals surface area contributed by atoms with E-state index in [-0.39, 0.29) is 12.4 Å². The lowest BCUT2D eigenvalue weighted by Crippen LogP contribution is -2.38. The smallest absolute Gasteiger partial charge is 0.107 e. The molecule has 1 aliphatic carbocycles. The highest BCUT2D eigenvalue weighted by Gasteiger charge is 2.38. The normalized spacial score (nSPS) is 30.0. The third-order valence-electron chi connectivity index (χ3n) is 4.69. The molecule has 0 spiro atoms. The number of fused-ring (bicyclic) bond motifs is 1. The molecule has 1 aliphatic heterocycles. The Balaban J connectivity index is 0.00000147. The zero-order valence-electron chi connectivity index (χ0n) is 12.3. The van der Waals surface area contributed by atoms with Crippen molar-refractivity contribution in [1.29, 1.82) is 0 Å². The van der Waals surface area contributed by atoms with Gasteiger partial charge in [0.25, 0.3) is 0 Å². The molecule has 0 amide bonds. The van der Waals surface area contributed by atoms with Crippen LogP contribution in [0.2, 0.25) is 0 Å². The van der Waals surface area contributed by atoms with Gasteiger partial charge in [0.2, 0.25) is 0 Å². The monoisotopic (exact) mass is 315 g/mol. The number of aromatic nitrogens is 1. The Hall–Kier alpha value is -0.160. The van der Waals surface area contributed by atoms with Gasteiger partial charge in [-0.2, -0.15) is 0 Å². The fraction of sp³-hybridized carbons (Fsp3) is 0.800. The van der Waals surface area contributed by atoms with Crippen LogP contribution in [0.25, 0.3) is 0 Å². The Bertz CT molecular complexity index is 423. The number of hydrogen-bond acceptors (Lipinski definition) is 4. The van der Waals surface area contributed by atoms with Gasteiger partial charge in [0.05, 0.1) is 12.2 Å². The zero-order valence-corrected chi connectivity index (χ0v) is 13.9. The summed E-state index contributed by atoms with van der Waals surface area (Å²) in [6, 6.07) is 0.440. The molecular formula is C15H26ClN3S. The molecule has 3 nitrogen and oxygen atoms in total. The molecule has 1 saturated carbocycles. The van der Waals surface area contributed by atoms with E-state index in [2.05, 4.69) is 17.2 Å². The quantitative estimate of drug-likeness (QED) is 0.928. The summed E-state index contributed by atoms with van der Waals surface area (Å²) in [5, 5.41) is 3.52. The van der Waals surface area contributed by atoms with Crippen LogP contribution in [0.5, 0.6) is 0 Å². The number of thiazole rings is 1. The second kappa shape index (κ2) is 7.21. The second-order valence-electron chi connectivity index (χ2n) is 6.20. The van der Waals surface area contributed by atoms with E-state index in [0.29, 0.717) is 6.04 Å². The molecule has 20 heavy (non-hydrogen) atoms. The van der Waals surface area contributed by atoms with E-state index < -0.39 is 0 Å². The van der Waals surface area contributed by atoms with Crippen LogP contribution in [0.4, 0.5) is 0 Å². The predicted octanol–water partition coefficient (Wildman–Crippen LogP) is 3.08. The maximum absolute atomic E-state index is 6.28. The van der Waals surface area contributed by atoms with Gasteiger partial charge in [-0.05, 0) is 31.1 Å². The van der Waals surface area contributed by atoms with Gasteiger partial charge >= 0.3 is 0 Å². The van der Waals surface area contributed by atoms with Gasteiger partial charge in [0.1, 0.15) is 5.01 Å². The van der Waals surface area contributed by atoms with Crippen molar-refractivity contribution in [3.63, 3.8) is 0 Å². The Morgan fingerprint density at radius 1 is 1.40 bits per heavy atom. The van der Waals surface area contributed by atoms with E-state index in [1.807, 2.05) is 11.3 Å². The molecule has 2 aliphatic rings. The molecule has 2 N–H and O–H groups in total. The first-order valence-corrected chi connectivity index (χ1v) is 8.55. The molecule has 0 aromatic carbocycles. The number of hydrogen-bond donors (Lipinski definition) is 1. The molecule has 0 bridgehead atoms. The average molecular weight is 316 g/mol. The molecule has 2 heterocycles. The van der Waals surface area contributed by atoms with Gasteiger partial charge in [-0.15, -0.1) is 23.7 Å². The SMILES string of the molecule is CCCc1csc(CN2CC3CCCC(N)C3C2)n1.Cl. The first-order chi connectivity index (χ1) is 9.26. The van der Waals surface area contributed by atoms with Crippen LogP contribution in [0.3, 0.4) is 0 Å². The summed E-state index contributed by atoms with van der Waals surface area (Å²) in [5.41, 5.74) is 7.55. The number of nitrogens with two attached hydrogens (primary N) is 1. The largest absolute Gasteiger partial charge is 0.327 e. The maximum atomic E-state index is 6.28. The topological polar surface area (TPSA) is 42.1 Å². The minimum absolute atomic E-state index is 0. The molecule has 1 aromatic rings. The highest BCUT2D eigenvalue weighted by Crippen LogP contribution is 2.36. The summed E-state index contributed by atoms with van der Waals surface area (Å²) in [6.45, 7) is 5.68. The molecule has 1 saturated heterocycles. The highest BCUT2D eigenvalue weighted by molar-refractivity contribution is 7.09. The van der Waals surface area contributed by atoms with E-state index in [1.165, 1.54) is 49.5 Å². The molecule has 114 valence electrons. The molecule has 3 atom stereocenters. The molecule has 3 rings (SSSR count). The van der Waals surface area contributed by atoms with Crippen LogP contribution in [0.1, 0.15) is 43.3 Å². The molecule has 2 fully saturated rings. The van der Waals surface area contributed by atoms with Crippen molar-refractivity contribution in [2.75, 3.05) is 13.1 Å². The van der Waals surface area contributed by atoms with Crippen molar-refractivity contribution in [2.45, 2.75) is 51.6 Å². The van der Waals surface area contributed by atoms with Gasteiger partial charge in [-0.3, -0.25) is 4.90 Å². The standard InChI is InChI=1S/C15H25N3S.ClH/c1-2-4-12-10-19-15(17-12)9-18-7-11-5-3-6-14(16)13(11)8-18;/h10-11,13-14H,2-9,16H2,1H3;1H. The van der Waals surface area contributed by atoms with Crippen LogP contribution in [0.15, 0.2) is 5.38 Å². The van der Waals surface area contributed by atoms with Crippen LogP contribution < -0.4 is 5.73 Å². The summed E-state index contributed by atoms with van der Waals surface area (Å²) < 4.78 is 0. The Morgan fingerprint density at radius 3 is 3.00 bits per heavy atom. The van der Waals surface area contributed by atoms with E-state index in [4.69, 9.17) is 10.7 Å². The molecule has 5 heteroatoms. The molecule has 3 unspecified atom stereocenters. The third-order valence-corrected chi connectivity index (χ3v) is 5.58. The van der Waals surface area contributed by atoms with Gasteiger partial charge in [0.15, 0.2) is 0 Å². The molecule has 0 radical (unpaired) electrons. The summed E-state index contributed by atoms with van der Waals surface area (Å²) in [6.07, 6.45) is 6.24. The maximum Gasteiger partial charge on any atom is 0.107 e. The summed E-state index contributed by atoms with van der Waals surface area (Å²) in [5.74, 6) is 1.59. The van der Waals surface area contributed by atoms with Crippen LogP contribution >= 0.6 is 23.7 Å². The van der Waals surface area contributed by atoms with E-state index in [1.54, 1.807) is 0 Å². The number of likely N-dealkylation sites (tertiary alicyclic amines) is 1. The fourth-order valence-corrected chi connectivity index (χ4v) is 4.59. The van der Waals surface area contributed by atoms with Crippen molar-refractivity contribution in [2.24, 2.45) is 17.6 Å². The van der Waals surface area contributed by atoms with Gasteiger partial charge < -0.3 is 5.73 Å². The lowest BCUT2D eigenvalue weighted by atomic mass is 9.78. The van der Waals surface area contributed by atoms with E-state index in [0.717, 1.165) is 24.8 Å². The summed E-state index contributed by atoms with van der Waals surface area (Å²) in [4.78, 5) is 7.32. The van der Waals surface area contributed by atoms with Crippen LogP contribution in [0, 0.1) is 11.8 Å². The van der Waals surface area contributed by atoms with Crippen molar-refractivity contribution in [3.8, 4) is 0 Å². The number of rotatable bonds is 4. The number of halogens is 1. The van der Waals surface area contributed by atoms with Crippen molar-refractivity contribution >= 4 is 23.7 Å². The minimum Gasteiger partial charge on any atom is -0.327 e. The van der Waals surface area contributed by atoms with Crippen molar-refractivity contribution in [1.82, 2.24) is 9.88 Å². The Kier molecular flexibility index (Phi) is 5.84. The third kappa shape index (κ3) is 3.53. The highest BCUT2D eigenvalue weighted by atomic mass is 35.5. The Labute approximate surface area is 132 Å². The first-order valence-electron chi connectivity index (χ1n) is 7.67. The second-order valence-corrected chi connectivity index (χ2v) is 7.14. The lowest BCUT2D eigenvalue weighted by Gasteiger charge is -2.29. The summed E-state index contributed by atoms with van der Waals surface area (Å²) >= 11 is 1.83. The fourth-order valence-electron chi connectivity index (χ4n) is 3.72. The predicted molar refractivity (Wildman–Crippen MR) is 87.4 cm³/mol. The van der Waals surface area contributed by atoms with Crippen molar-refractivity contribution in [3.05, 3.63) is 16.1 Å². The molecule has 1 aromatic heterocycles. The van der Waals surface area contributed by atoms with Gasteiger partial charge in [-0.25, -0.2) is 4.98 Å². The minimum atomic E-state index is 0. The van der Waals surface area contributed by atoms with Crippen LogP contribution in [-0.2, 0) is 13.0 Å². The van der Waals surface area contributed by atoms with Crippen LogP contribution in [-0.4, -0.2) is 29.0 Å². The van der Waals surface area contributed by atoms with E-state index >= 15 is 0 Å². The molecular weight excluding hydrogens is 290 g/mol. The average Bonchev–Trinajstić information content (AvgIpc) is 2.98. The zero-order chi connectivity index (χ0) is 13.2. The lowest BCUT2D eigenvalue weighted by molar-refractivity contribution is 0.259. The number of nitrogens with zero attached hydrogens (tertiary/aromatic N) is 2. The van der Waals surface area contributed by atoms with Crippen molar-refractivity contribution < 1.29 is 0 Å².